The SMILES string of the molecule is CC(C)C1C(C)CCC[C@@H]1OCC(=O)NCc1ccc(CN(c2ccccc2O)[N+](=O)[O-])cc1. The standard InChI is InChI=1S/C26H35N3O5/c1-18(2)26-19(3)7-6-10-24(26)34-17-25(31)27-15-20-11-13-21(14-12-20)16-28(29(32)33)22-8-4-5-9-23(22)30/h4-5,8-9,11-14,18-19,24,26,30H,6-7,10,15-17H2,1-3H3,(H,27,31)/t19?,24-,26?/m0/s1. The number of rotatable bonds is 10. The maximum Gasteiger partial charge on any atom is 0.246 e. The lowest BCUT2D eigenvalue weighted by Gasteiger charge is -2.38. The maximum atomic E-state index is 12.4. The number of nitrogens with zero attached hydrogens (tertiary/aromatic N) is 2. The van der Waals surface area contributed by atoms with Gasteiger partial charge in [0.25, 0.3) is 0 Å². The zero-order chi connectivity index (χ0) is 24.7. The Balaban J connectivity index is 1.50. The highest BCUT2D eigenvalue weighted by Crippen LogP contribution is 2.36. The van der Waals surface area contributed by atoms with Crippen LogP contribution in [0.15, 0.2) is 48.5 Å². The molecule has 1 saturated carbocycles. The zero-order valence-electron chi connectivity index (χ0n) is 20.1. The van der Waals surface area contributed by atoms with Crippen molar-refractivity contribution in [2.75, 3.05) is 11.6 Å². The molecule has 34 heavy (non-hydrogen) atoms. The number of amides is 1. The molecular formula is C26H35N3O5. The van der Waals surface area contributed by atoms with Gasteiger partial charge in [-0.15, -0.1) is 0 Å². The molecule has 0 bridgehead atoms. The van der Waals surface area contributed by atoms with E-state index in [9.17, 15) is 20.0 Å². The van der Waals surface area contributed by atoms with E-state index in [0.717, 1.165) is 23.4 Å². The smallest absolute Gasteiger partial charge is 0.246 e. The topological polar surface area (TPSA) is 105 Å². The fraction of sp³-hybridized carbons (Fsp3) is 0.500. The van der Waals surface area contributed by atoms with E-state index in [1.165, 1.54) is 18.6 Å². The largest absolute Gasteiger partial charge is 0.506 e. The number of aromatic hydroxyl groups is 1. The fourth-order valence-corrected chi connectivity index (χ4v) is 4.96. The Morgan fingerprint density at radius 2 is 1.85 bits per heavy atom. The summed E-state index contributed by atoms with van der Waals surface area (Å²) in [7, 11) is 0. The van der Waals surface area contributed by atoms with Gasteiger partial charge in [0.15, 0.2) is 5.03 Å². The van der Waals surface area contributed by atoms with Gasteiger partial charge in [-0.2, -0.15) is 0 Å². The normalized spacial score (nSPS) is 20.2. The van der Waals surface area contributed by atoms with E-state index in [4.69, 9.17) is 4.74 Å². The quantitative estimate of drug-likeness (QED) is 0.387. The van der Waals surface area contributed by atoms with Gasteiger partial charge in [0.05, 0.1) is 6.10 Å². The zero-order valence-corrected chi connectivity index (χ0v) is 20.1. The Hall–Kier alpha value is -3.13. The Bertz CT molecular complexity index is 963. The second-order valence-corrected chi connectivity index (χ2v) is 9.46. The van der Waals surface area contributed by atoms with Gasteiger partial charge in [-0.25, -0.2) is 10.1 Å². The number of nitrogens with one attached hydrogen (secondary N) is 1. The highest BCUT2D eigenvalue weighted by Gasteiger charge is 2.33. The molecule has 0 heterocycles. The van der Waals surface area contributed by atoms with E-state index in [1.807, 2.05) is 12.1 Å². The van der Waals surface area contributed by atoms with Gasteiger partial charge in [-0.3, -0.25) is 4.79 Å². The number of benzene rings is 2. The van der Waals surface area contributed by atoms with E-state index >= 15 is 0 Å². The van der Waals surface area contributed by atoms with Crippen molar-refractivity contribution in [2.24, 2.45) is 17.8 Å². The molecule has 2 aromatic carbocycles. The molecule has 1 amide bonds. The van der Waals surface area contributed by atoms with Crippen molar-refractivity contribution in [3.8, 4) is 5.75 Å². The molecule has 2 unspecified atom stereocenters. The molecule has 184 valence electrons. The van der Waals surface area contributed by atoms with E-state index in [2.05, 4.69) is 26.1 Å². The number of anilines is 1. The molecule has 1 fully saturated rings. The number of hydrogen-bond acceptors (Lipinski definition) is 5. The minimum Gasteiger partial charge on any atom is -0.506 e. The summed E-state index contributed by atoms with van der Waals surface area (Å²) in [4.78, 5) is 23.9. The van der Waals surface area contributed by atoms with E-state index in [1.54, 1.807) is 24.3 Å². The number of ether oxygens (including phenoxy) is 1. The lowest BCUT2D eigenvalue weighted by Crippen LogP contribution is -2.39. The molecule has 0 spiro atoms. The number of carbonyl (C=O) groups excluding carboxylic acids is 1. The monoisotopic (exact) mass is 469 g/mol. The van der Waals surface area contributed by atoms with Crippen LogP contribution >= 0.6 is 0 Å². The highest BCUT2D eigenvalue weighted by molar-refractivity contribution is 5.77. The number of hydrogen-bond donors (Lipinski definition) is 2. The number of phenolic OH excluding ortho intramolecular Hbond substituents is 1. The first-order valence-electron chi connectivity index (χ1n) is 11.9. The Kier molecular flexibility index (Phi) is 8.87. The van der Waals surface area contributed by atoms with Gasteiger partial charge >= 0.3 is 0 Å². The van der Waals surface area contributed by atoms with Gasteiger partial charge in [0, 0.05) is 6.54 Å². The van der Waals surface area contributed by atoms with Crippen LogP contribution in [0, 0.1) is 27.9 Å². The average molecular weight is 470 g/mol. The molecule has 0 saturated heterocycles. The van der Waals surface area contributed by atoms with Crippen molar-refractivity contribution in [3.63, 3.8) is 0 Å². The number of carbonyl (C=O) groups is 1. The van der Waals surface area contributed by atoms with Crippen LogP contribution in [-0.4, -0.2) is 28.8 Å². The van der Waals surface area contributed by atoms with Crippen LogP contribution in [0.1, 0.15) is 51.2 Å². The van der Waals surface area contributed by atoms with Crippen molar-refractivity contribution >= 4 is 11.6 Å². The van der Waals surface area contributed by atoms with Crippen LogP contribution in [0.2, 0.25) is 0 Å². The number of nitro groups is 1. The number of hydrazine groups is 1. The summed E-state index contributed by atoms with van der Waals surface area (Å²) in [6, 6.07) is 13.4. The second kappa shape index (κ2) is 11.8. The number of phenols is 1. The summed E-state index contributed by atoms with van der Waals surface area (Å²) in [5.41, 5.74) is 1.74. The van der Waals surface area contributed by atoms with E-state index in [-0.39, 0.29) is 36.6 Å². The van der Waals surface area contributed by atoms with Gasteiger partial charge < -0.3 is 15.2 Å². The molecule has 3 atom stereocenters. The second-order valence-electron chi connectivity index (χ2n) is 9.46. The first-order valence-corrected chi connectivity index (χ1v) is 11.9. The molecule has 3 rings (SSSR count). The third kappa shape index (κ3) is 6.70. The Morgan fingerprint density at radius 3 is 2.50 bits per heavy atom. The maximum absolute atomic E-state index is 12.4. The Labute approximate surface area is 201 Å². The fourth-order valence-electron chi connectivity index (χ4n) is 4.96. The van der Waals surface area contributed by atoms with Crippen LogP contribution in [0.5, 0.6) is 5.75 Å². The third-order valence-corrected chi connectivity index (χ3v) is 6.63. The van der Waals surface area contributed by atoms with Crippen molar-refractivity contribution in [3.05, 3.63) is 69.8 Å². The van der Waals surface area contributed by atoms with Crippen molar-refractivity contribution in [1.29, 1.82) is 0 Å². The predicted octanol–water partition coefficient (Wildman–Crippen LogP) is 4.68. The predicted molar refractivity (Wildman–Crippen MR) is 131 cm³/mol. The average Bonchev–Trinajstić information content (AvgIpc) is 2.80. The molecule has 1 aliphatic rings. The van der Waals surface area contributed by atoms with Gasteiger partial charge in [-0.1, -0.05) is 75.0 Å². The van der Waals surface area contributed by atoms with Crippen LogP contribution in [-0.2, 0) is 22.6 Å². The lowest BCUT2D eigenvalue weighted by molar-refractivity contribution is -0.497. The summed E-state index contributed by atoms with van der Waals surface area (Å²) < 4.78 is 6.01. The minimum absolute atomic E-state index is 0.00187. The summed E-state index contributed by atoms with van der Waals surface area (Å²) in [5.74, 6) is 1.31. The van der Waals surface area contributed by atoms with Crippen LogP contribution in [0.3, 0.4) is 0 Å². The summed E-state index contributed by atoms with van der Waals surface area (Å²) in [5, 5.41) is 24.7. The summed E-state index contributed by atoms with van der Waals surface area (Å²) in [6.45, 7) is 7.13. The highest BCUT2D eigenvalue weighted by atomic mass is 16.7. The molecule has 1 aliphatic carbocycles. The first-order chi connectivity index (χ1) is 16.3. The van der Waals surface area contributed by atoms with Crippen LogP contribution in [0.4, 0.5) is 5.69 Å². The number of para-hydroxylation sites is 2. The summed E-state index contributed by atoms with van der Waals surface area (Å²) >= 11 is 0. The molecule has 8 nitrogen and oxygen atoms in total. The molecule has 2 aromatic rings. The van der Waals surface area contributed by atoms with E-state index in [0.29, 0.717) is 29.9 Å². The molecule has 0 aromatic heterocycles. The van der Waals surface area contributed by atoms with Crippen LogP contribution in [0.25, 0.3) is 0 Å². The van der Waals surface area contributed by atoms with Gasteiger partial charge in [0.2, 0.25) is 5.91 Å². The lowest BCUT2D eigenvalue weighted by atomic mass is 9.72. The van der Waals surface area contributed by atoms with E-state index < -0.39 is 5.03 Å². The first kappa shape index (κ1) is 25.5. The minimum atomic E-state index is -0.542. The molecule has 0 aliphatic heterocycles. The molecular weight excluding hydrogens is 434 g/mol. The summed E-state index contributed by atoms with van der Waals surface area (Å²) in [6.07, 6.45) is 3.49. The molecule has 8 heteroatoms. The van der Waals surface area contributed by atoms with Gasteiger partial charge in [-0.05, 0) is 47.4 Å². The Morgan fingerprint density at radius 1 is 1.18 bits per heavy atom. The van der Waals surface area contributed by atoms with Gasteiger partial charge in [0.1, 0.15) is 24.6 Å². The third-order valence-electron chi connectivity index (χ3n) is 6.63. The molecule has 2 N–H and O–H groups in total. The van der Waals surface area contributed by atoms with Crippen molar-refractivity contribution in [1.82, 2.24) is 5.32 Å². The molecule has 0 radical (unpaired) electrons. The van der Waals surface area contributed by atoms with Crippen LogP contribution < -0.4 is 10.3 Å². The van der Waals surface area contributed by atoms with Crippen molar-refractivity contribution in [2.45, 2.75) is 59.2 Å². The van der Waals surface area contributed by atoms with Crippen molar-refractivity contribution < 1.29 is 19.7 Å².